The van der Waals surface area contributed by atoms with Gasteiger partial charge in [-0.1, -0.05) is 30.3 Å². The van der Waals surface area contributed by atoms with Gasteiger partial charge in [0.05, 0.1) is 6.54 Å². The molecule has 0 spiro atoms. The first-order valence-corrected chi connectivity index (χ1v) is 8.91. The molecule has 1 aromatic carbocycles. The van der Waals surface area contributed by atoms with Crippen LogP contribution in [0.5, 0.6) is 0 Å². The van der Waals surface area contributed by atoms with Gasteiger partial charge in [0, 0.05) is 26.7 Å². The Balaban J connectivity index is 1.35. The van der Waals surface area contributed by atoms with E-state index in [0.29, 0.717) is 12.5 Å². The second-order valence-corrected chi connectivity index (χ2v) is 7.22. The molecule has 2 fully saturated rings. The van der Waals surface area contributed by atoms with Crippen LogP contribution >= 0.6 is 0 Å². The predicted octanol–water partition coefficient (Wildman–Crippen LogP) is 1.97. The molecule has 0 bridgehead atoms. The van der Waals surface area contributed by atoms with E-state index in [0.717, 1.165) is 38.6 Å². The standard InChI is InChI=1S/C19H29N3O/c1-21(19(23)12-20-11-16-7-8-16)13-18-9-10-22(15-18)14-17-5-3-2-4-6-17/h2-6,16,18,20H,7-15H2,1H3. The molecular weight excluding hydrogens is 286 g/mol. The summed E-state index contributed by atoms with van der Waals surface area (Å²) in [7, 11) is 1.95. The van der Waals surface area contributed by atoms with Crippen molar-refractivity contribution >= 4 is 5.91 Å². The van der Waals surface area contributed by atoms with Crippen LogP contribution in [0.15, 0.2) is 30.3 Å². The molecule has 4 heteroatoms. The molecule has 3 rings (SSSR count). The summed E-state index contributed by atoms with van der Waals surface area (Å²) in [6, 6.07) is 10.6. The molecule has 0 aromatic heterocycles. The van der Waals surface area contributed by atoms with E-state index in [4.69, 9.17) is 0 Å². The van der Waals surface area contributed by atoms with Gasteiger partial charge in [0.2, 0.25) is 5.91 Å². The Kier molecular flexibility index (Phi) is 5.68. The van der Waals surface area contributed by atoms with E-state index in [2.05, 4.69) is 40.5 Å². The minimum Gasteiger partial charge on any atom is -0.344 e. The van der Waals surface area contributed by atoms with Gasteiger partial charge >= 0.3 is 0 Å². The van der Waals surface area contributed by atoms with Crippen LogP contribution in [0.3, 0.4) is 0 Å². The maximum atomic E-state index is 12.2. The molecule has 1 heterocycles. The van der Waals surface area contributed by atoms with Gasteiger partial charge in [0.25, 0.3) is 0 Å². The maximum absolute atomic E-state index is 12.2. The first-order valence-electron chi connectivity index (χ1n) is 8.91. The van der Waals surface area contributed by atoms with Crippen LogP contribution in [0, 0.1) is 11.8 Å². The third-order valence-electron chi connectivity index (χ3n) is 4.98. The number of benzene rings is 1. The van der Waals surface area contributed by atoms with Crippen molar-refractivity contribution < 1.29 is 4.79 Å². The molecule has 1 saturated carbocycles. The largest absolute Gasteiger partial charge is 0.344 e. The first kappa shape index (κ1) is 16.5. The summed E-state index contributed by atoms with van der Waals surface area (Å²) in [6.07, 6.45) is 3.85. The van der Waals surface area contributed by atoms with Gasteiger partial charge in [0.1, 0.15) is 0 Å². The zero-order chi connectivity index (χ0) is 16.1. The number of hydrogen-bond donors (Lipinski definition) is 1. The minimum atomic E-state index is 0.229. The van der Waals surface area contributed by atoms with Crippen LogP contribution < -0.4 is 5.32 Å². The van der Waals surface area contributed by atoms with Crippen molar-refractivity contribution in [2.75, 3.05) is 39.8 Å². The van der Waals surface area contributed by atoms with Crippen molar-refractivity contribution in [3.63, 3.8) is 0 Å². The molecule has 1 aliphatic carbocycles. The highest BCUT2D eigenvalue weighted by molar-refractivity contribution is 5.77. The summed E-state index contributed by atoms with van der Waals surface area (Å²) >= 11 is 0. The number of rotatable bonds is 8. The van der Waals surface area contributed by atoms with E-state index in [1.54, 1.807) is 0 Å². The van der Waals surface area contributed by atoms with Crippen molar-refractivity contribution in [1.82, 2.24) is 15.1 Å². The second-order valence-electron chi connectivity index (χ2n) is 7.22. The second kappa shape index (κ2) is 7.93. The zero-order valence-electron chi connectivity index (χ0n) is 14.2. The molecule has 1 amide bonds. The van der Waals surface area contributed by atoms with Gasteiger partial charge in [-0.3, -0.25) is 9.69 Å². The maximum Gasteiger partial charge on any atom is 0.236 e. The highest BCUT2D eigenvalue weighted by Crippen LogP contribution is 2.27. The molecule has 0 radical (unpaired) electrons. The molecule has 1 N–H and O–H groups in total. The molecule has 2 aliphatic rings. The third-order valence-corrected chi connectivity index (χ3v) is 4.98. The Hall–Kier alpha value is -1.39. The van der Waals surface area contributed by atoms with Gasteiger partial charge in [-0.05, 0) is 49.8 Å². The molecule has 1 unspecified atom stereocenters. The molecule has 4 nitrogen and oxygen atoms in total. The Bertz CT molecular complexity index is 501. The van der Waals surface area contributed by atoms with Crippen molar-refractivity contribution in [2.24, 2.45) is 11.8 Å². The molecule has 1 aliphatic heterocycles. The van der Waals surface area contributed by atoms with E-state index < -0.39 is 0 Å². The number of hydrogen-bond acceptors (Lipinski definition) is 3. The van der Waals surface area contributed by atoms with Crippen LogP contribution in [0.25, 0.3) is 0 Å². The summed E-state index contributed by atoms with van der Waals surface area (Å²) in [5, 5.41) is 3.29. The minimum absolute atomic E-state index is 0.229. The Labute approximate surface area is 139 Å². The molecule has 126 valence electrons. The highest BCUT2D eigenvalue weighted by Gasteiger charge is 2.25. The lowest BCUT2D eigenvalue weighted by molar-refractivity contribution is -0.129. The monoisotopic (exact) mass is 315 g/mol. The van der Waals surface area contributed by atoms with E-state index in [1.165, 1.54) is 24.8 Å². The van der Waals surface area contributed by atoms with E-state index in [-0.39, 0.29) is 5.91 Å². The fourth-order valence-corrected chi connectivity index (χ4v) is 3.38. The van der Waals surface area contributed by atoms with E-state index in [1.807, 2.05) is 11.9 Å². The summed E-state index contributed by atoms with van der Waals surface area (Å²) in [4.78, 5) is 16.6. The van der Waals surface area contributed by atoms with Gasteiger partial charge in [-0.25, -0.2) is 0 Å². The number of likely N-dealkylation sites (tertiary alicyclic amines) is 1. The molecule has 1 saturated heterocycles. The lowest BCUT2D eigenvalue weighted by Gasteiger charge is -2.22. The molecule has 1 aromatic rings. The number of amides is 1. The average molecular weight is 315 g/mol. The van der Waals surface area contributed by atoms with Gasteiger partial charge in [-0.15, -0.1) is 0 Å². The third kappa shape index (κ3) is 5.33. The molecule has 23 heavy (non-hydrogen) atoms. The van der Waals surface area contributed by atoms with Crippen molar-refractivity contribution in [3.8, 4) is 0 Å². The van der Waals surface area contributed by atoms with Crippen molar-refractivity contribution in [1.29, 1.82) is 0 Å². The van der Waals surface area contributed by atoms with Crippen LogP contribution in [0.2, 0.25) is 0 Å². The van der Waals surface area contributed by atoms with Gasteiger partial charge in [-0.2, -0.15) is 0 Å². The summed E-state index contributed by atoms with van der Waals surface area (Å²) in [5.74, 6) is 1.66. The highest BCUT2D eigenvalue weighted by atomic mass is 16.2. The molecule has 1 atom stereocenters. The number of nitrogens with zero attached hydrogens (tertiary/aromatic N) is 2. The smallest absolute Gasteiger partial charge is 0.236 e. The van der Waals surface area contributed by atoms with Crippen LogP contribution in [0.1, 0.15) is 24.8 Å². The quantitative estimate of drug-likeness (QED) is 0.797. The van der Waals surface area contributed by atoms with Gasteiger partial charge in [0.15, 0.2) is 0 Å². The van der Waals surface area contributed by atoms with Crippen LogP contribution in [-0.4, -0.2) is 55.5 Å². The van der Waals surface area contributed by atoms with Gasteiger partial charge < -0.3 is 10.2 Å². The SMILES string of the molecule is CN(CC1CCN(Cc2ccccc2)C1)C(=O)CNCC1CC1. The topological polar surface area (TPSA) is 35.6 Å². The summed E-state index contributed by atoms with van der Waals surface area (Å²) in [5.41, 5.74) is 1.38. The van der Waals surface area contributed by atoms with Crippen molar-refractivity contribution in [3.05, 3.63) is 35.9 Å². The normalized spacial score (nSPS) is 21.5. The van der Waals surface area contributed by atoms with Crippen molar-refractivity contribution in [2.45, 2.75) is 25.8 Å². The van der Waals surface area contributed by atoms with E-state index in [9.17, 15) is 4.79 Å². The fourth-order valence-electron chi connectivity index (χ4n) is 3.38. The Morgan fingerprint density at radius 1 is 1.22 bits per heavy atom. The fraction of sp³-hybridized carbons (Fsp3) is 0.632. The van der Waals surface area contributed by atoms with E-state index >= 15 is 0 Å². The average Bonchev–Trinajstić information content (AvgIpc) is 3.28. The van der Waals surface area contributed by atoms with Crippen LogP contribution in [-0.2, 0) is 11.3 Å². The Morgan fingerprint density at radius 2 is 2.00 bits per heavy atom. The predicted molar refractivity (Wildman–Crippen MR) is 93.1 cm³/mol. The lowest BCUT2D eigenvalue weighted by Crippen LogP contribution is -2.39. The first-order chi connectivity index (χ1) is 11.2. The number of nitrogens with one attached hydrogen (secondary N) is 1. The zero-order valence-corrected chi connectivity index (χ0v) is 14.2. The number of carbonyl (C=O) groups excluding carboxylic acids is 1. The Morgan fingerprint density at radius 3 is 2.74 bits per heavy atom. The van der Waals surface area contributed by atoms with Crippen LogP contribution in [0.4, 0.5) is 0 Å². The molecular formula is C19H29N3O. The summed E-state index contributed by atoms with van der Waals surface area (Å²) in [6.45, 7) is 5.65. The summed E-state index contributed by atoms with van der Waals surface area (Å²) < 4.78 is 0. The lowest BCUT2D eigenvalue weighted by atomic mass is 10.1. The number of carbonyl (C=O) groups is 1. The number of likely N-dealkylation sites (N-methyl/N-ethyl adjacent to an activating group) is 1.